The summed E-state index contributed by atoms with van der Waals surface area (Å²) in [6.45, 7) is 4.86. The Bertz CT molecular complexity index is 563. The lowest BCUT2D eigenvalue weighted by Gasteiger charge is -2.06. The first kappa shape index (κ1) is 11.2. The first-order valence-electron chi connectivity index (χ1n) is 5.54. The van der Waals surface area contributed by atoms with E-state index in [0.717, 1.165) is 23.6 Å². The van der Waals surface area contributed by atoms with Gasteiger partial charge in [0.15, 0.2) is 5.82 Å². The molecule has 0 saturated carbocycles. The fourth-order valence-corrected chi connectivity index (χ4v) is 1.60. The van der Waals surface area contributed by atoms with Crippen molar-refractivity contribution in [1.82, 2.24) is 9.78 Å². The number of rotatable bonds is 3. The predicted molar refractivity (Wildman–Crippen MR) is 67.1 cm³/mol. The van der Waals surface area contributed by atoms with Gasteiger partial charge in [0.25, 0.3) is 0 Å². The van der Waals surface area contributed by atoms with Crippen molar-refractivity contribution in [1.29, 1.82) is 5.26 Å². The Morgan fingerprint density at radius 2 is 2.24 bits per heavy atom. The number of aromatic nitrogens is 2. The summed E-state index contributed by atoms with van der Waals surface area (Å²) in [6.07, 6.45) is 1.91. The van der Waals surface area contributed by atoms with Crippen molar-refractivity contribution < 1.29 is 0 Å². The standard InChI is InChI=1S/C13H14N4/c1-3-17-7-6-13(16-17)15-12-8-10(2)4-5-11(12)9-14/h4-8H,3H2,1-2H3,(H,15,16). The first-order valence-corrected chi connectivity index (χ1v) is 5.54. The van der Waals surface area contributed by atoms with Crippen molar-refractivity contribution in [3.05, 3.63) is 41.6 Å². The van der Waals surface area contributed by atoms with Gasteiger partial charge in [0, 0.05) is 18.8 Å². The van der Waals surface area contributed by atoms with Crippen LogP contribution in [0.1, 0.15) is 18.1 Å². The molecule has 17 heavy (non-hydrogen) atoms. The topological polar surface area (TPSA) is 53.6 Å². The van der Waals surface area contributed by atoms with Gasteiger partial charge in [-0.05, 0) is 31.5 Å². The number of nitrogens with zero attached hydrogens (tertiary/aromatic N) is 3. The molecule has 0 unspecified atom stereocenters. The van der Waals surface area contributed by atoms with E-state index in [-0.39, 0.29) is 0 Å². The van der Waals surface area contributed by atoms with E-state index in [1.165, 1.54) is 0 Å². The minimum atomic E-state index is 0.627. The Morgan fingerprint density at radius 1 is 1.41 bits per heavy atom. The maximum absolute atomic E-state index is 9.02. The summed E-state index contributed by atoms with van der Waals surface area (Å²) < 4.78 is 1.84. The van der Waals surface area contributed by atoms with Crippen LogP contribution in [0, 0.1) is 18.3 Å². The van der Waals surface area contributed by atoms with Crippen molar-refractivity contribution in [2.45, 2.75) is 20.4 Å². The molecule has 0 spiro atoms. The van der Waals surface area contributed by atoms with Crippen molar-refractivity contribution in [2.24, 2.45) is 0 Å². The number of aryl methyl sites for hydroxylation is 2. The van der Waals surface area contributed by atoms with Crippen LogP contribution < -0.4 is 5.32 Å². The van der Waals surface area contributed by atoms with Gasteiger partial charge in [-0.2, -0.15) is 10.4 Å². The van der Waals surface area contributed by atoms with Crippen LogP contribution in [0.25, 0.3) is 0 Å². The van der Waals surface area contributed by atoms with Crippen molar-refractivity contribution in [3.63, 3.8) is 0 Å². The van der Waals surface area contributed by atoms with Crippen LogP contribution in [0.5, 0.6) is 0 Å². The van der Waals surface area contributed by atoms with Crippen LogP contribution in [0.2, 0.25) is 0 Å². The minimum Gasteiger partial charge on any atom is -0.338 e. The summed E-state index contributed by atoms with van der Waals surface area (Å²) in [5.41, 5.74) is 2.54. The van der Waals surface area contributed by atoms with Gasteiger partial charge in [0.2, 0.25) is 0 Å². The summed E-state index contributed by atoms with van der Waals surface area (Å²) in [5.74, 6) is 0.758. The zero-order chi connectivity index (χ0) is 12.3. The lowest BCUT2D eigenvalue weighted by Crippen LogP contribution is -1.98. The number of anilines is 2. The summed E-state index contributed by atoms with van der Waals surface area (Å²) >= 11 is 0. The fraction of sp³-hybridized carbons (Fsp3) is 0.231. The SMILES string of the molecule is CCn1ccc(Nc2cc(C)ccc2C#N)n1. The molecule has 1 aromatic heterocycles. The molecule has 0 amide bonds. The molecule has 0 atom stereocenters. The third-order valence-electron chi connectivity index (χ3n) is 2.52. The summed E-state index contributed by atoms with van der Waals surface area (Å²) in [7, 11) is 0. The number of nitriles is 1. The number of hydrogen-bond acceptors (Lipinski definition) is 3. The summed E-state index contributed by atoms with van der Waals surface area (Å²) in [6, 6.07) is 9.75. The van der Waals surface area contributed by atoms with Gasteiger partial charge in [0.05, 0.1) is 11.3 Å². The normalized spacial score (nSPS) is 9.94. The highest BCUT2D eigenvalue weighted by Gasteiger charge is 2.04. The Hall–Kier alpha value is -2.28. The largest absolute Gasteiger partial charge is 0.338 e. The second-order valence-corrected chi connectivity index (χ2v) is 3.84. The van der Waals surface area contributed by atoms with E-state index in [0.29, 0.717) is 5.56 Å². The Labute approximate surface area is 100 Å². The van der Waals surface area contributed by atoms with Crippen LogP contribution in [-0.2, 0) is 6.54 Å². The number of nitrogens with one attached hydrogen (secondary N) is 1. The van der Waals surface area contributed by atoms with E-state index in [2.05, 4.69) is 16.5 Å². The molecule has 4 nitrogen and oxygen atoms in total. The third-order valence-corrected chi connectivity index (χ3v) is 2.52. The molecular formula is C13H14N4. The lowest BCUT2D eigenvalue weighted by atomic mass is 10.1. The van der Waals surface area contributed by atoms with Crippen LogP contribution >= 0.6 is 0 Å². The average molecular weight is 226 g/mol. The number of benzene rings is 1. The summed E-state index contributed by atoms with van der Waals surface area (Å²) in [5, 5.41) is 16.5. The molecule has 0 radical (unpaired) electrons. The molecule has 4 heteroatoms. The molecular weight excluding hydrogens is 212 g/mol. The third kappa shape index (κ3) is 2.45. The molecule has 86 valence electrons. The van der Waals surface area contributed by atoms with Crippen LogP contribution in [-0.4, -0.2) is 9.78 Å². The van der Waals surface area contributed by atoms with Gasteiger partial charge in [-0.25, -0.2) is 0 Å². The van der Waals surface area contributed by atoms with Crippen LogP contribution in [0.15, 0.2) is 30.5 Å². The van der Waals surface area contributed by atoms with Gasteiger partial charge >= 0.3 is 0 Å². The monoisotopic (exact) mass is 226 g/mol. The van der Waals surface area contributed by atoms with Gasteiger partial charge in [-0.15, -0.1) is 0 Å². The summed E-state index contributed by atoms with van der Waals surface area (Å²) in [4.78, 5) is 0. The van der Waals surface area contributed by atoms with Gasteiger partial charge in [-0.1, -0.05) is 6.07 Å². The highest BCUT2D eigenvalue weighted by Crippen LogP contribution is 2.20. The second-order valence-electron chi connectivity index (χ2n) is 3.84. The smallest absolute Gasteiger partial charge is 0.152 e. The maximum Gasteiger partial charge on any atom is 0.152 e. The first-order chi connectivity index (χ1) is 8.22. The second kappa shape index (κ2) is 4.71. The molecule has 0 saturated heterocycles. The zero-order valence-corrected chi connectivity index (χ0v) is 9.94. The molecule has 1 heterocycles. The van der Waals surface area contributed by atoms with Crippen molar-refractivity contribution >= 4 is 11.5 Å². The van der Waals surface area contributed by atoms with Crippen LogP contribution in [0.3, 0.4) is 0 Å². The highest BCUT2D eigenvalue weighted by molar-refractivity contribution is 5.65. The molecule has 2 aromatic rings. The van der Waals surface area contributed by atoms with E-state index in [9.17, 15) is 0 Å². The Morgan fingerprint density at radius 3 is 2.88 bits per heavy atom. The molecule has 2 rings (SSSR count). The van der Waals surface area contributed by atoms with E-state index in [4.69, 9.17) is 5.26 Å². The molecule has 0 aliphatic rings. The van der Waals surface area contributed by atoms with E-state index in [1.807, 2.05) is 49.0 Å². The van der Waals surface area contributed by atoms with E-state index in [1.54, 1.807) is 0 Å². The van der Waals surface area contributed by atoms with Gasteiger partial charge < -0.3 is 5.32 Å². The molecule has 0 aliphatic heterocycles. The molecule has 1 aromatic carbocycles. The van der Waals surface area contributed by atoms with Gasteiger partial charge in [-0.3, -0.25) is 4.68 Å². The zero-order valence-electron chi connectivity index (χ0n) is 9.94. The molecule has 0 bridgehead atoms. The van der Waals surface area contributed by atoms with Crippen molar-refractivity contribution in [2.75, 3.05) is 5.32 Å². The molecule has 1 N–H and O–H groups in total. The minimum absolute atomic E-state index is 0.627. The Balaban J connectivity index is 2.29. The quantitative estimate of drug-likeness (QED) is 0.875. The fourth-order valence-electron chi connectivity index (χ4n) is 1.60. The maximum atomic E-state index is 9.02. The average Bonchev–Trinajstić information content (AvgIpc) is 2.77. The lowest BCUT2D eigenvalue weighted by molar-refractivity contribution is 0.662. The van der Waals surface area contributed by atoms with Crippen molar-refractivity contribution in [3.8, 4) is 6.07 Å². The molecule has 0 fully saturated rings. The molecule has 0 aliphatic carbocycles. The van der Waals surface area contributed by atoms with Crippen LogP contribution in [0.4, 0.5) is 11.5 Å². The Kier molecular flexibility index (Phi) is 3.10. The van der Waals surface area contributed by atoms with E-state index >= 15 is 0 Å². The van der Waals surface area contributed by atoms with E-state index < -0.39 is 0 Å². The predicted octanol–water partition coefficient (Wildman–Crippen LogP) is 2.83. The number of hydrogen-bond donors (Lipinski definition) is 1. The highest BCUT2D eigenvalue weighted by atomic mass is 15.3. The van der Waals surface area contributed by atoms with Gasteiger partial charge in [0.1, 0.15) is 6.07 Å².